The van der Waals surface area contributed by atoms with Crippen LogP contribution in [0.3, 0.4) is 0 Å². The molecule has 0 radical (unpaired) electrons. The van der Waals surface area contributed by atoms with Gasteiger partial charge in [-0.25, -0.2) is 19.7 Å². The van der Waals surface area contributed by atoms with E-state index in [1.807, 2.05) is 16.5 Å². The van der Waals surface area contributed by atoms with Crippen LogP contribution in [-0.4, -0.2) is 91.5 Å². The number of alkyl halides is 3. The van der Waals surface area contributed by atoms with Gasteiger partial charge in [0.25, 0.3) is 5.91 Å². The lowest BCUT2D eigenvalue weighted by molar-refractivity contribution is -0.138. The Kier molecular flexibility index (Phi) is 11.5. The molecule has 2 aromatic heterocycles. The molecule has 6 rings (SSSR count). The van der Waals surface area contributed by atoms with Crippen molar-refractivity contribution >= 4 is 29.5 Å². The van der Waals surface area contributed by atoms with Crippen molar-refractivity contribution < 1.29 is 32.3 Å². The number of likely N-dealkylation sites (N-methyl/N-ethyl adjacent to an activating group) is 1. The third-order valence-corrected chi connectivity index (χ3v) is 10.2. The van der Waals surface area contributed by atoms with Gasteiger partial charge in [-0.05, 0) is 83.1 Å². The number of nitrogens with two attached hydrogens (primary N) is 1. The maximum Gasteiger partial charge on any atom is 0.417 e. The zero-order valence-electron chi connectivity index (χ0n) is 33.1. The predicted molar refractivity (Wildman–Crippen MR) is 210 cm³/mol. The Bertz CT molecular complexity index is 2260. The second-order valence-electron chi connectivity index (χ2n) is 15.7. The van der Waals surface area contributed by atoms with Crippen LogP contribution in [0.15, 0.2) is 54.7 Å². The number of nitrogens with one attached hydrogen (secondary N) is 1. The molecule has 300 valence electrons. The monoisotopic (exact) mass is 784 g/mol. The number of anilines is 2. The van der Waals surface area contributed by atoms with Crippen molar-refractivity contribution in [2.24, 2.45) is 7.05 Å². The number of fused-ring (bicyclic) bond motifs is 1. The molecule has 2 aliphatic heterocycles. The van der Waals surface area contributed by atoms with E-state index in [9.17, 15) is 27.6 Å². The highest BCUT2D eigenvalue weighted by Gasteiger charge is 2.37. The molecule has 0 bridgehead atoms. The molecule has 12 nitrogen and oxygen atoms in total. The molecular weight excluding hydrogens is 738 g/mol. The molecule has 0 aliphatic carbocycles. The van der Waals surface area contributed by atoms with Gasteiger partial charge in [0.15, 0.2) is 0 Å². The number of piperazine rings is 1. The average molecular weight is 785 g/mol. The Morgan fingerprint density at radius 2 is 1.74 bits per heavy atom. The topological polar surface area (TPSA) is 139 Å². The molecule has 4 heterocycles. The number of aromatic nitrogens is 3. The molecule has 2 unspecified atom stereocenters. The van der Waals surface area contributed by atoms with Crippen molar-refractivity contribution in [3.05, 3.63) is 93.8 Å². The maximum absolute atomic E-state index is 14.2. The van der Waals surface area contributed by atoms with Crippen LogP contribution >= 0.6 is 0 Å². The highest BCUT2D eigenvalue weighted by molar-refractivity contribution is 6.05. The molecule has 1 saturated heterocycles. The van der Waals surface area contributed by atoms with E-state index in [0.717, 1.165) is 16.7 Å². The Morgan fingerprint density at radius 1 is 1.02 bits per heavy atom. The summed E-state index contributed by atoms with van der Waals surface area (Å²) in [5.74, 6) is 5.20. The van der Waals surface area contributed by atoms with Gasteiger partial charge in [-0.15, -0.1) is 0 Å². The number of benzene rings is 2. The van der Waals surface area contributed by atoms with Crippen LogP contribution in [0.1, 0.15) is 78.5 Å². The van der Waals surface area contributed by atoms with Gasteiger partial charge in [0.1, 0.15) is 11.3 Å². The number of rotatable bonds is 6. The maximum atomic E-state index is 14.2. The summed E-state index contributed by atoms with van der Waals surface area (Å²) in [7, 11) is 3.82. The molecule has 3 amide bonds. The number of ether oxygens (including phenoxy) is 1. The fraction of sp³-hybridized carbons (Fsp3) is 0.405. The van der Waals surface area contributed by atoms with Crippen molar-refractivity contribution in [2.75, 3.05) is 37.7 Å². The second-order valence-corrected chi connectivity index (χ2v) is 15.7. The standard InChI is InChI=1S/C42H47F3N8O4/c1-25-22-52(23-26(2)50(25)6)24-30-13-14-31(19-33(30)42(43,44)45)48-36(54)18-28-10-8-9-27(17-28)11-12-29-21-47-39(46)49-37(29)35-20-32-34(51(35)7)15-16-53(38(32)55)40(56)57-41(3,4)5/h8-10,13-14,17,19-21,25-26H,15-16,18,22-24H2,1-7H3,(H,48,54)(H2,46,47,49). The number of imide groups is 1. The molecule has 2 aliphatic rings. The molecule has 2 aromatic carbocycles. The number of hydrogen-bond donors (Lipinski definition) is 2. The lowest BCUT2D eigenvalue weighted by Gasteiger charge is -2.42. The molecule has 57 heavy (non-hydrogen) atoms. The summed E-state index contributed by atoms with van der Waals surface area (Å²) < 4.78 is 50.0. The summed E-state index contributed by atoms with van der Waals surface area (Å²) in [6.07, 6.45) is -3.53. The van der Waals surface area contributed by atoms with Crippen molar-refractivity contribution in [1.29, 1.82) is 0 Å². The van der Waals surface area contributed by atoms with Crippen molar-refractivity contribution in [1.82, 2.24) is 29.2 Å². The normalized spacial score (nSPS) is 17.8. The Morgan fingerprint density at radius 3 is 2.42 bits per heavy atom. The molecule has 2 atom stereocenters. The molecule has 0 saturated carbocycles. The van der Waals surface area contributed by atoms with Gasteiger partial charge in [0, 0.05) is 74.9 Å². The van der Waals surface area contributed by atoms with Crippen LogP contribution in [0.25, 0.3) is 11.4 Å². The summed E-state index contributed by atoms with van der Waals surface area (Å²) in [6.45, 7) is 10.9. The van der Waals surface area contributed by atoms with Gasteiger partial charge in [-0.3, -0.25) is 19.4 Å². The lowest BCUT2D eigenvalue weighted by Crippen LogP contribution is -2.54. The van der Waals surface area contributed by atoms with Gasteiger partial charge in [0.05, 0.1) is 28.8 Å². The number of hydrogen-bond acceptors (Lipinski definition) is 9. The number of amides is 3. The van der Waals surface area contributed by atoms with E-state index in [4.69, 9.17) is 10.5 Å². The van der Waals surface area contributed by atoms with E-state index in [0.29, 0.717) is 53.2 Å². The van der Waals surface area contributed by atoms with Crippen molar-refractivity contribution in [3.63, 3.8) is 0 Å². The van der Waals surface area contributed by atoms with E-state index >= 15 is 0 Å². The lowest BCUT2D eigenvalue weighted by atomic mass is 10.0. The van der Waals surface area contributed by atoms with Crippen molar-refractivity contribution in [2.45, 2.75) is 77.9 Å². The average Bonchev–Trinajstić information content (AvgIpc) is 3.46. The van der Waals surface area contributed by atoms with Gasteiger partial charge < -0.3 is 20.4 Å². The fourth-order valence-corrected chi connectivity index (χ4v) is 7.22. The van der Waals surface area contributed by atoms with E-state index in [1.54, 1.807) is 58.2 Å². The minimum absolute atomic E-state index is 0.000678. The summed E-state index contributed by atoms with van der Waals surface area (Å²) in [5, 5.41) is 2.63. The first-order valence-corrected chi connectivity index (χ1v) is 18.7. The fourth-order valence-electron chi connectivity index (χ4n) is 7.22. The highest BCUT2D eigenvalue weighted by atomic mass is 19.4. The number of halogens is 3. The quantitative estimate of drug-likeness (QED) is 0.222. The zero-order valence-corrected chi connectivity index (χ0v) is 33.1. The van der Waals surface area contributed by atoms with Crippen LogP contribution in [-0.2, 0) is 42.1 Å². The summed E-state index contributed by atoms with van der Waals surface area (Å²) in [5.41, 5.74) is 8.25. The minimum Gasteiger partial charge on any atom is -0.443 e. The Hall–Kier alpha value is -5.72. The first kappa shape index (κ1) is 40.9. The smallest absolute Gasteiger partial charge is 0.417 e. The second kappa shape index (κ2) is 16.0. The molecule has 3 N–H and O–H groups in total. The van der Waals surface area contributed by atoms with Crippen molar-refractivity contribution in [3.8, 4) is 23.2 Å². The zero-order chi connectivity index (χ0) is 41.4. The van der Waals surface area contributed by atoms with Crippen LogP contribution in [0.5, 0.6) is 0 Å². The summed E-state index contributed by atoms with van der Waals surface area (Å²) in [4.78, 5) is 53.2. The largest absolute Gasteiger partial charge is 0.443 e. The number of nitrogens with zero attached hydrogens (tertiary/aromatic N) is 6. The van der Waals surface area contributed by atoms with Gasteiger partial charge in [-0.1, -0.05) is 30.0 Å². The molecule has 1 fully saturated rings. The molecule has 0 spiro atoms. The molecule has 15 heteroatoms. The number of carbonyl (C=O) groups is 3. The van der Waals surface area contributed by atoms with Crippen LogP contribution in [0, 0.1) is 11.8 Å². The highest BCUT2D eigenvalue weighted by Crippen LogP contribution is 2.35. The molecule has 4 aromatic rings. The predicted octanol–water partition coefficient (Wildman–Crippen LogP) is 6.12. The van der Waals surface area contributed by atoms with E-state index in [-0.39, 0.29) is 48.8 Å². The van der Waals surface area contributed by atoms with Gasteiger partial charge >= 0.3 is 12.3 Å². The van der Waals surface area contributed by atoms with Crippen LogP contribution in [0.2, 0.25) is 0 Å². The van der Waals surface area contributed by atoms with Crippen LogP contribution < -0.4 is 11.1 Å². The summed E-state index contributed by atoms with van der Waals surface area (Å²) >= 11 is 0. The summed E-state index contributed by atoms with van der Waals surface area (Å²) in [6, 6.07) is 13.0. The van der Waals surface area contributed by atoms with Crippen LogP contribution in [0.4, 0.5) is 29.6 Å². The van der Waals surface area contributed by atoms with Gasteiger partial charge in [0.2, 0.25) is 11.9 Å². The van der Waals surface area contributed by atoms with E-state index < -0.39 is 35.2 Å². The SMILES string of the molecule is CC1CN(Cc2ccc(NC(=O)Cc3cccc(C#Cc4cnc(N)nc4-c4cc5c(n4C)CCN(C(=O)OC(C)(C)C)C5=O)c3)cc2C(F)(F)F)CC(C)N1C. The number of nitrogen functional groups attached to an aromatic ring is 1. The Labute approximate surface area is 330 Å². The van der Waals surface area contributed by atoms with E-state index in [1.165, 1.54) is 18.3 Å². The first-order valence-electron chi connectivity index (χ1n) is 18.7. The third kappa shape index (κ3) is 9.46. The number of carbonyl (C=O) groups excluding carboxylic acids is 3. The third-order valence-electron chi connectivity index (χ3n) is 10.2. The van der Waals surface area contributed by atoms with E-state index in [2.05, 4.69) is 45.9 Å². The first-order chi connectivity index (χ1) is 26.8. The Balaban J connectivity index is 1.17. The minimum atomic E-state index is -4.59. The van der Waals surface area contributed by atoms with Gasteiger partial charge in [-0.2, -0.15) is 13.2 Å². The molecular formula is C42H47F3N8O4.